The van der Waals surface area contributed by atoms with E-state index in [1.54, 1.807) is 0 Å². The van der Waals surface area contributed by atoms with Gasteiger partial charge in [-0.2, -0.15) is 0 Å². The maximum absolute atomic E-state index is 14.0. The van der Waals surface area contributed by atoms with E-state index >= 15 is 0 Å². The lowest BCUT2D eigenvalue weighted by molar-refractivity contribution is 0.102. The largest absolute Gasteiger partial charge is 0.371 e. The van der Waals surface area contributed by atoms with Gasteiger partial charge in [0.1, 0.15) is 5.82 Å². The summed E-state index contributed by atoms with van der Waals surface area (Å²) in [6, 6.07) is 3.69. The fourth-order valence-electron chi connectivity index (χ4n) is 2.02. The van der Waals surface area contributed by atoms with Crippen LogP contribution in [0.15, 0.2) is 29.2 Å². The number of anilines is 2. The second-order valence-electron chi connectivity index (χ2n) is 4.64. The molecule has 1 aliphatic rings. The molecule has 23 heavy (non-hydrogen) atoms. The zero-order valence-corrected chi connectivity index (χ0v) is 12.2. The molecule has 0 fully saturated rings. The Bertz CT molecular complexity index is 777. The number of carbonyl (C=O) groups is 1. The standard InChI is InChI=1S/C14H9F4N3OS/c15-8-4-11-12(23-20-5-19-11)3-7(8)14(22)21-6-1-9(16)13(18)10(17)2-6/h1-4,19-20H,5H2,(H,21,22). The number of fused-ring (bicyclic) bond motifs is 1. The fraction of sp³-hybridized carbons (Fsp3) is 0.0714. The van der Waals surface area contributed by atoms with E-state index in [0.29, 0.717) is 29.4 Å². The first kappa shape index (κ1) is 15.6. The molecule has 2 aromatic carbocycles. The molecule has 0 spiro atoms. The predicted octanol–water partition coefficient (Wildman–Crippen LogP) is 3.48. The van der Waals surface area contributed by atoms with Crippen molar-refractivity contribution in [1.82, 2.24) is 4.72 Å². The van der Waals surface area contributed by atoms with Gasteiger partial charge in [0.2, 0.25) is 0 Å². The zero-order valence-electron chi connectivity index (χ0n) is 11.3. The molecule has 0 aliphatic carbocycles. The van der Waals surface area contributed by atoms with Gasteiger partial charge in [0.05, 0.1) is 17.9 Å². The van der Waals surface area contributed by atoms with E-state index in [-0.39, 0.29) is 11.3 Å². The lowest BCUT2D eigenvalue weighted by atomic mass is 10.1. The highest BCUT2D eigenvalue weighted by atomic mass is 32.2. The molecule has 9 heteroatoms. The molecule has 0 radical (unpaired) electrons. The Labute approximate surface area is 132 Å². The second kappa shape index (κ2) is 6.09. The van der Waals surface area contributed by atoms with Crippen LogP contribution in [0.4, 0.5) is 28.9 Å². The van der Waals surface area contributed by atoms with Crippen LogP contribution in [0.1, 0.15) is 10.4 Å². The summed E-state index contributed by atoms with van der Waals surface area (Å²) in [5, 5.41) is 5.03. The first-order valence-electron chi connectivity index (χ1n) is 6.38. The number of rotatable bonds is 2. The van der Waals surface area contributed by atoms with E-state index in [4.69, 9.17) is 0 Å². The first-order valence-corrected chi connectivity index (χ1v) is 7.20. The molecule has 0 unspecified atom stereocenters. The fourth-order valence-corrected chi connectivity index (χ4v) is 2.74. The smallest absolute Gasteiger partial charge is 0.258 e. The molecule has 0 bridgehead atoms. The van der Waals surface area contributed by atoms with Crippen molar-refractivity contribution in [3.63, 3.8) is 0 Å². The van der Waals surface area contributed by atoms with Crippen molar-refractivity contribution >= 4 is 29.2 Å². The lowest BCUT2D eigenvalue weighted by Crippen LogP contribution is -2.22. The number of benzene rings is 2. The summed E-state index contributed by atoms with van der Waals surface area (Å²) in [5.74, 6) is -6.23. The third-order valence-electron chi connectivity index (χ3n) is 3.09. The van der Waals surface area contributed by atoms with Gasteiger partial charge in [-0.15, -0.1) is 0 Å². The quantitative estimate of drug-likeness (QED) is 0.444. The van der Waals surface area contributed by atoms with Crippen LogP contribution in [0, 0.1) is 23.3 Å². The highest BCUT2D eigenvalue weighted by Gasteiger charge is 2.19. The van der Waals surface area contributed by atoms with Gasteiger partial charge in [-0.3, -0.25) is 4.79 Å². The minimum atomic E-state index is -1.64. The van der Waals surface area contributed by atoms with Gasteiger partial charge in [-0.25, -0.2) is 22.3 Å². The summed E-state index contributed by atoms with van der Waals surface area (Å²) in [6.45, 7) is 0.441. The third-order valence-corrected chi connectivity index (χ3v) is 3.94. The van der Waals surface area contributed by atoms with Crippen LogP contribution in [-0.2, 0) is 0 Å². The molecule has 1 heterocycles. The molecule has 1 amide bonds. The summed E-state index contributed by atoms with van der Waals surface area (Å²) in [7, 11) is 0. The third kappa shape index (κ3) is 3.10. The van der Waals surface area contributed by atoms with Crippen molar-refractivity contribution in [3.8, 4) is 0 Å². The van der Waals surface area contributed by atoms with Crippen molar-refractivity contribution < 1.29 is 22.4 Å². The van der Waals surface area contributed by atoms with Gasteiger partial charge in [0.15, 0.2) is 17.5 Å². The lowest BCUT2D eigenvalue weighted by Gasteiger charge is -2.19. The van der Waals surface area contributed by atoms with Crippen LogP contribution in [-0.4, -0.2) is 12.6 Å². The molecule has 120 valence electrons. The predicted molar refractivity (Wildman–Crippen MR) is 78.2 cm³/mol. The van der Waals surface area contributed by atoms with Crippen LogP contribution < -0.4 is 15.4 Å². The van der Waals surface area contributed by atoms with Crippen LogP contribution in [0.5, 0.6) is 0 Å². The van der Waals surface area contributed by atoms with Crippen molar-refractivity contribution in [2.45, 2.75) is 4.90 Å². The van der Waals surface area contributed by atoms with Crippen molar-refractivity contribution in [1.29, 1.82) is 0 Å². The highest BCUT2D eigenvalue weighted by Crippen LogP contribution is 2.31. The average Bonchev–Trinajstić information content (AvgIpc) is 2.51. The van der Waals surface area contributed by atoms with Crippen molar-refractivity contribution in [2.24, 2.45) is 0 Å². The molecule has 1 aliphatic heterocycles. The molecule has 3 rings (SSSR count). The summed E-state index contributed by atoms with van der Waals surface area (Å²) < 4.78 is 56.1. The average molecular weight is 343 g/mol. The van der Waals surface area contributed by atoms with Gasteiger partial charge in [0, 0.05) is 22.7 Å². The molecule has 4 nitrogen and oxygen atoms in total. The number of hydrogen-bond donors (Lipinski definition) is 3. The Morgan fingerprint density at radius 1 is 1.04 bits per heavy atom. The molecular formula is C14H9F4N3OS. The van der Waals surface area contributed by atoms with Crippen LogP contribution in [0.2, 0.25) is 0 Å². The van der Waals surface area contributed by atoms with Crippen molar-refractivity contribution in [3.05, 3.63) is 53.1 Å². The van der Waals surface area contributed by atoms with Gasteiger partial charge in [0.25, 0.3) is 5.91 Å². The summed E-state index contributed by atoms with van der Waals surface area (Å²) in [4.78, 5) is 12.7. The first-order chi connectivity index (χ1) is 11.0. The van der Waals surface area contributed by atoms with Crippen LogP contribution >= 0.6 is 11.9 Å². The Morgan fingerprint density at radius 2 is 1.74 bits per heavy atom. The molecular weight excluding hydrogens is 334 g/mol. The molecule has 0 saturated carbocycles. The molecule has 0 atom stereocenters. The Balaban J connectivity index is 1.89. The Kier molecular flexibility index (Phi) is 4.14. The highest BCUT2D eigenvalue weighted by molar-refractivity contribution is 7.97. The van der Waals surface area contributed by atoms with E-state index in [2.05, 4.69) is 15.4 Å². The SMILES string of the molecule is O=C(Nc1cc(F)c(F)c(F)c1)c1cc2c(cc1F)NCNS2. The van der Waals surface area contributed by atoms with E-state index in [1.807, 2.05) is 0 Å². The molecule has 2 aromatic rings. The zero-order chi connectivity index (χ0) is 16.6. The minimum Gasteiger partial charge on any atom is -0.371 e. The normalized spacial score (nSPS) is 13.2. The van der Waals surface area contributed by atoms with E-state index < -0.39 is 29.2 Å². The monoisotopic (exact) mass is 343 g/mol. The maximum Gasteiger partial charge on any atom is 0.258 e. The molecule has 3 N–H and O–H groups in total. The van der Waals surface area contributed by atoms with Crippen LogP contribution in [0.3, 0.4) is 0 Å². The topological polar surface area (TPSA) is 53.2 Å². The second-order valence-corrected chi connectivity index (χ2v) is 5.57. The van der Waals surface area contributed by atoms with E-state index in [1.165, 1.54) is 18.0 Å². The number of halogens is 4. The minimum absolute atomic E-state index is 0.299. The number of amides is 1. The van der Waals surface area contributed by atoms with Gasteiger partial charge in [-0.05, 0) is 24.1 Å². The molecule has 0 aromatic heterocycles. The van der Waals surface area contributed by atoms with Gasteiger partial charge < -0.3 is 10.6 Å². The number of carbonyl (C=O) groups excluding carboxylic acids is 1. The summed E-state index contributed by atoms with van der Waals surface area (Å²) >= 11 is 1.21. The van der Waals surface area contributed by atoms with Gasteiger partial charge >= 0.3 is 0 Å². The Hall–Kier alpha value is -2.26. The summed E-state index contributed by atoms with van der Waals surface area (Å²) in [6.07, 6.45) is 0. The van der Waals surface area contributed by atoms with E-state index in [0.717, 1.165) is 6.07 Å². The van der Waals surface area contributed by atoms with Gasteiger partial charge in [-0.1, -0.05) is 0 Å². The van der Waals surface area contributed by atoms with Crippen molar-refractivity contribution in [2.75, 3.05) is 17.3 Å². The molecule has 0 saturated heterocycles. The maximum atomic E-state index is 14.0. The van der Waals surface area contributed by atoms with E-state index in [9.17, 15) is 22.4 Å². The number of hydrogen-bond acceptors (Lipinski definition) is 4. The number of nitrogens with one attached hydrogen (secondary N) is 3. The summed E-state index contributed by atoms with van der Waals surface area (Å²) in [5.41, 5.74) is -0.0824. The Morgan fingerprint density at radius 3 is 2.43 bits per heavy atom. The van der Waals surface area contributed by atoms with Crippen LogP contribution in [0.25, 0.3) is 0 Å².